The molecule has 7 nitrogen and oxygen atoms in total. The molecule has 3 fully saturated rings. The SMILES string of the molecule is [B][B][C@H]1CC(OC)[C@@H](COP2(=O)OC3[C@@H](COC)O[C@@H]([B])[C@H]3S2)O1. The van der Waals surface area contributed by atoms with E-state index in [-0.39, 0.29) is 36.2 Å². The van der Waals surface area contributed by atoms with Crippen LogP contribution in [0.2, 0.25) is 0 Å². The highest BCUT2D eigenvalue weighted by molar-refractivity contribution is 8.55. The Bertz CT molecular complexity index is 490. The van der Waals surface area contributed by atoms with Gasteiger partial charge in [-0.1, -0.05) is 0 Å². The van der Waals surface area contributed by atoms with Crippen LogP contribution in [0.25, 0.3) is 0 Å². The summed E-state index contributed by atoms with van der Waals surface area (Å²) in [7, 11) is 16.1. The van der Waals surface area contributed by atoms with E-state index < -0.39 is 18.9 Å². The lowest BCUT2D eigenvalue weighted by molar-refractivity contribution is -0.0263. The smallest absolute Gasteiger partial charge is 0.382 e. The number of hydrogen-bond donors (Lipinski definition) is 0. The fraction of sp³-hybridized carbons (Fsp3) is 1.00. The van der Waals surface area contributed by atoms with Crippen LogP contribution in [-0.2, 0) is 32.6 Å². The minimum atomic E-state index is -3.34. The van der Waals surface area contributed by atoms with E-state index in [2.05, 4.69) is 0 Å². The summed E-state index contributed by atoms with van der Waals surface area (Å²) in [4.78, 5) is 0. The fourth-order valence-electron chi connectivity index (χ4n) is 3.12. The lowest BCUT2D eigenvalue weighted by Crippen LogP contribution is -2.30. The third kappa shape index (κ3) is 3.93. The molecule has 0 saturated carbocycles. The summed E-state index contributed by atoms with van der Waals surface area (Å²) in [5.74, 6) is 0. The van der Waals surface area contributed by atoms with Crippen LogP contribution in [0.4, 0.5) is 0 Å². The Morgan fingerprint density at radius 3 is 2.75 bits per heavy atom. The van der Waals surface area contributed by atoms with Crippen LogP contribution < -0.4 is 0 Å². The molecule has 0 N–H and O–H groups in total. The molecule has 3 aliphatic rings. The van der Waals surface area contributed by atoms with Gasteiger partial charge in [0.15, 0.2) is 0 Å². The molecular weight excluding hydrogens is 352 g/mol. The summed E-state index contributed by atoms with van der Waals surface area (Å²) in [6, 6.07) is -0.765. The summed E-state index contributed by atoms with van der Waals surface area (Å²) in [6.45, 7) is -2.92. The molecule has 0 aromatic carbocycles. The molecule has 0 amide bonds. The first-order valence-corrected chi connectivity index (χ1v) is 10.8. The average Bonchev–Trinajstić information content (AvgIpc) is 3.20. The van der Waals surface area contributed by atoms with E-state index in [0.717, 1.165) is 11.4 Å². The maximum Gasteiger partial charge on any atom is 0.390 e. The predicted octanol–water partition coefficient (Wildman–Crippen LogP) is 0.0692. The van der Waals surface area contributed by atoms with Gasteiger partial charge in [0.05, 0.1) is 31.7 Å². The van der Waals surface area contributed by atoms with Gasteiger partial charge in [0.1, 0.15) is 26.2 Å². The largest absolute Gasteiger partial charge is 0.390 e. The number of ether oxygens (including phenoxy) is 4. The Labute approximate surface area is 149 Å². The van der Waals surface area contributed by atoms with Crippen LogP contribution in [0.1, 0.15) is 6.42 Å². The van der Waals surface area contributed by atoms with E-state index in [0.29, 0.717) is 13.0 Å². The van der Waals surface area contributed by atoms with Crippen LogP contribution in [0.15, 0.2) is 0 Å². The van der Waals surface area contributed by atoms with Crippen LogP contribution in [0, 0.1) is 0 Å². The van der Waals surface area contributed by atoms with E-state index in [1.807, 2.05) is 0 Å². The summed E-state index contributed by atoms with van der Waals surface area (Å²) >= 11 is 1.10. The molecular formula is C12H19B3O7PS. The zero-order chi connectivity index (χ0) is 17.3. The molecule has 0 aromatic rings. The molecule has 3 rings (SSSR count). The maximum absolute atomic E-state index is 12.9. The van der Waals surface area contributed by atoms with E-state index in [4.69, 9.17) is 43.6 Å². The van der Waals surface area contributed by atoms with Crippen molar-refractivity contribution in [2.75, 3.05) is 27.4 Å². The molecule has 0 aliphatic carbocycles. The molecule has 24 heavy (non-hydrogen) atoms. The normalized spacial score (nSPS) is 47.8. The summed E-state index contributed by atoms with van der Waals surface area (Å²) in [5, 5.41) is -0.246. The highest BCUT2D eigenvalue weighted by Crippen LogP contribution is 2.71. The zero-order valence-corrected chi connectivity index (χ0v) is 15.3. The highest BCUT2D eigenvalue weighted by Gasteiger charge is 2.56. The first-order chi connectivity index (χ1) is 11.5. The van der Waals surface area contributed by atoms with Gasteiger partial charge in [-0.25, -0.2) is 4.57 Å². The predicted molar refractivity (Wildman–Crippen MR) is 91.7 cm³/mol. The van der Waals surface area contributed by atoms with E-state index in [1.165, 1.54) is 7.17 Å². The standard InChI is InChI=1S/C12H19B3O7PS/c1-17-4-8-10-11(12(13)21-8)24-23(16,22-10)19-5-7-6(18-2)3-9(15-14)20-7/h6-12H,3-5H2,1-2H3/t6?,7-,8-,9-,10?,11+,12-,23?/m1/s1. The van der Waals surface area contributed by atoms with Crippen molar-refractivity contribution in [1.82, 2.24) is 0 Å². The van der Waals surface area contributed by atoms with E-state index >= 15 is 0 Å². The Kier molecular flexibility index (Phi) is 6.47. The van der Waals surface area contributed by atoms with Gasteiger partial charge in [-0.3, -0.25) is 9.05 Å². The van der Waals surface area contributed by atoms with Crippen molar-refractivity contribution in [2.45, 2.75) is 48.1 Å². The van der Waals surface area contributed by atoms with Crippen molar-refractivity contribution in [3.63, 3.8) is 0 Å². The van der Waals surface area contributed by atoms with Gasteiger partial charge in [0.2, 0.25) is 0 Å². The van der Waals surface area contributed by atoms with Crippen molar-refractivity contribution in [1.29, 1.82) is 0 Å². The lowest BCUT2D eigenvalue weighted by atomic mass is 9.51. The molecule has 3 aliphatic heterocycles. The van der Waals surface area contributed by atoms with Crippen LogP contribution in [0.5, 0.6) is 0 Å². The highest BCUT2D eigenvalue weighted by atomic mass is 32.7. The van der Waals surface area contributed by atoms with Gasteiger partial charge >= 0.3 is 6.80 Å². The van der Waals surface area contributed by atoms with Crippen molar-refractivity contribution in [3.05, 3.63) is 0 Å². The van der Waals surface area contributed by atoms with Crippen molar-refractivity contribution in [3.8, 4) is 0 Å². The number of hydrogen-bond acceptors (Lipinski definition) is 8. The topological polar surface area (TPSA) is 72.5 Å². The van der Waals surface area contributed by atoms with Gasteiger partial charge in [0.25, 0.3) is 0 Å². The van der Waals surface area contributed by atoms with E-state index in [9.17, 15) is 4.57 Å². The second-order valence-electron chi connectivity index (χ2n) is 5.89. The Balaban J connectivity index is 1.57. The summed E-state index contributed by atoms with van der Waals surface area (Å²) < 4.78 is 45.9. The second-order valence-corrected chi connectivity index (χ2v) is 9.99. The lowest BCUT2D eigenvalue weighted by Gasteiger charge is -2.21. The summed E-state index contributed by atoms with van der Waals surface area (Å²) in [5.41, 5.74) is 0. The van der Waals surface area contributed by atoms with Crippen LogP contribution in [-0.4, -0.2) is 91.9 Å². The monoisotopic (exact) mass is 371 g/mol. The molecule has 3 unspecified atom stereocenters. The van der Waals surface area contributed by atoms with Gasteiger partial charge in [-0.2, -0.15) is 0 Å². The third-order valence-corrected chi connectivity index (χ3v) is 8.41. The molecule has 3 heterocycles. The Morgan fingerprint density at radius 1 is 1.29 bits per heavy atom. The van der Waals surface area contributed by atoms with Gasteiger partial charge in [0, 0.05) is 34.0 Å². The van der Waals surface area contributed by atoms with Crippen molar-refractivity contribution >= 4 is 40.9 Å². The minimum Gasteiger partial charge on any atom is -0.382 e. The molecule has 3 saturated heterocycles. The average molecular weight is 371 g/mol. The number of fused-ring (bicyclic) bond motifs is 1. The van der Waals surface area contributed by atoms with Crippen LogP contribution >= 0.6 is 18.2 Å². The number of rotatable bonds is 7. The molecule has 12 heteroatoms. The van der Waals surface area contributed by atoms with E-state index in [1.54, 1.807) is 14.2 Å². The molecule has 129 valence electrons. The van der Waals surface area contributed by atoms with Crippen molar-refractivity contribution in [2.24, 2.45) is 0 Å². The molecule has 0 spiro atoms. The first-order valence-electron chi connectivity index (χ1n) is 7.74. The minimum absolute atomic E-state index is 0.0948. The van der Waals surface area contributed by atoms with Gasteiger partial charge < -0.3 is 18.9 Å². The molecule has 0 aromatic heterocycles. The molecule has 5 radical (unpaired) electrons. The molecule has 0 bridgehead atoms. The first kappa shape index (κ1) is 19.3. The summed E-state index contributed by atoms with van der Waals surface area (Å²) in [6.07, 6.45) is -0.648. The second kappa shape index (κ2) is 8.05. The Hall–Kier alpha value is 0.535. The Morgan fingerprint density at radius 2 is 2.08 bits per heavy atom. The van der Waals surface area contributed by atoms with Gasteiger partial charge in [-0.15, -0.1) is 0 Å². The van der Waals surface area contributed by atoms with Gasteiger partial charge in [-0.05, 0) is 17.8 Å². The quantitative estimate of drug-likeness (QED) is 0.460. The zero-order valence-electron chi connectivity index (χ0n) is 13.6. The fourth-order valence-corrected chi connectivity index (χ4v) is 7.52. The van der Waals surface area contributed by atoms with Crippen LogP contribution in [0.3, 0.4) is 0 Å². The third-order valence-electron chi connectivity index (χ3n) is 4.32. The molecule has 8 atom stereocenters. The van der Waals surface area contributed by atoms with Crippen molar-refractivity contribution < 1.29 is 32.6 Å². The maximum atomic E-state index is 12.9. The number of methoxy groups -OCH3 is 2.